The largest absolute Gasteiger partial charge is 0.327 e. The van der Waals surface area contributed by atoms with Gasteiger partial charge in [0.05, 0.1) is 0 Å². The van der Waals surface area contributed by atoms with Gasteiger partial charge in [-0.2, -0.15) is 0 Å². The molecule has 2 rings (SSSR count). The van der Waals surface area contributed by atoms with Crippen LogP contribution in [0.15, 0.2) is 40.4 Å². The maximum atomic E-state index is 6.15. The zero-order valence-corrected chi connectivity index (χ0v) is 11.9. The van der Waals surface area contributed by atoms with E-state index < -0.39 is 0 Å². The SMILES string of the molecule is NC(CCc1cccnc1)Cc1sccc1Br. The summed E-state index contributed by atoms with van der Waals surface area (Å²) >= 11 is 5.30. The molecule has 2 nitrogen and oxygen atoms in total. The Kier molecular flexibility index (Phi) is 4.71. The molecule has 0 spiro atoms. The van der Waals surface area contributed by atoms with Gasteiger partial charge in [-0.25, -0.2) is 0 Å². The van der Waals surface area contributed by atoms with E-state index in [1.54, 1.807) is 17.5 Å². The lowest BCUT2D eigenvalue weighted by Gasteiger charge is -2.10. The van der Waals surface area contributed by atoms with E-state index in [1.807, 2.05) is 12.3 Å². The summed E-state index contributed by atoms with van der Waals surface area (Å²) in [5.74, 6) is 0. The molecule has 0 saturated carbocycles. The van der Waals surface area contributed by atoms with Gasteiger partial charge in [-0.3, -0.25) is 4.98 Å². The van der Waals surface area contributed by atoms with Crippen molar-refractivity contribution in [2.24, 2.45) is 5.73 Å². The monoisotopic (exact) mass is 310 g/mol. The van der Waals surface area contributed by atoms with E-state index in [-0.39, 0.29) is 6.04 Å². The summed E-state index contributed by atoms with van der Waals surface area (Å²) in [6.07, 6.45) is 6.65. The molecular formula is C13H15BrN2S. The summed E-state index contributed by atoms with van der Waals surface area (Å²) in [6.45, 7) is 0. The van der Waals surface area contributed by atoms with Crippen LogP contribution >= 0.6 is 27.3 Å². The lowest BCUT2D eigenvalue weighted by molar-refractivity contribution is 0.613. The predicted molar refractivity (Wildman–Crippen MR) is 76.3 cm³/mol. The third kappa shape index (κ3) is 3.91. The number of hydrogen-bond acceptors (Lipinski definition) is 3. The van der Waals surface area contributed by atoms with Gasteiger partial charge in [0, 0.05) is 27.8 Å². The second-order valence-electron chi connectivity index (χ2n) is 4.06. The average molecular weight is 311 g/mol. The molecule has 17 heavy (non-hydrogen) atoms. The number of pyridine rings is 1. The van der Waals surface area contributed by atoms with Gasteiger partial charge >= 0.3 is 0 Å². The fourth-order valence-corrected chi connectivity index (χ4v) is 3.32. The minimum absolute atomic E-state index is 0.213. The van der Waals surface area contributed by atoms with Crippen LogP contribution in [0.5, 0.6) is 0 Å². The van der Waals surface area contributed by atoms with Gasteiger partial charge in [0.2, 0.25) is 0 Å². The molecule has 0 radical (unpaired) electrons. The van der Waals surface area contributed by atoms with E-state index in [4.69, 9.17) is 5.73 Å². The maximum Gasteiger partial charge on any atom is 0.0314 e. The van der Waals surface area contributed by atoms with Crippen LogP contribution in [0.4, 0.5) is 0 Å². The number of aromatic nitrogens is 1. The number of rotatable bonds is 5. The molecule has 0 bridgehead atoms. The predicted octanol–water partition coefficient (Wildman–Crippen LogP) is 3.41. The highest BCUT2D eigenvalue weighted by Crippen LogP contribution is 2.24. The van der Waals surface area contributed by atoms with Gasteiger partial charge in [0.15, 0.2) is 0 Å². The number of hydrogen-bond donors (Lipinski definition) is 1. The Morgan fingerprint density at radius 3 is 2.94 bits per heavy atom. The van der Waals surface area contributed by atoms with Gasteiger partial charge in [0.1, 0.15) is 0 Å². The van der Waals surface area contributed by atoms with Crippen molar-refractivity contribution in [3.8, 4) is 0 Å². The zero-order chi connectivity index (χ0) is 12.1. The van der Waals surface area contributed by atoms with Gasteiger partial charge in [-0.1, -0.05) is 6.07 Å². The lowest BCUT2D eigenvalue weighted by atomic mass is 10.0. The zero-order valence-electron chi connectivity index (χ0n) is 9.47. The van der Waals surface area contributed by atoms with Crippen LogP contribution in [0.25, 0.3) is 0 Å². The number of halogens is 1. The molecule has 0 aliphatic heterocycles. The first kappa shape index (κ1) is 12.7. The fraction of sp³-hybridized carbons (Fsp3) is 0.308. The Balaban J connectivity index is 1.82. The highest BCUT2D eigenvalue weighted by Gasteiger charge is 2.08. The normalized spacial score (nSPS) is 12.6. The number of thiophene rings is 1. The van der Waals surface area contributed by atoms with E-state index in [2.05, 4.69) is 38.4 Å². The van der Waals surface area contributed by atoms with E-state index in [1.165, 1.54) is 14.9 Å². The third-order valence-corrected chi connectivity index (χ3v) is 4.61. The molecule has 0 aliphatic rings. The van der Waals surface area contributed by atoms with Crippen molar-refractivity contribution in [1.82, 2.24) is 4.98 Å². The molecule has 2 aromatic heterocycles. The van der Waals surface area contributed by atoms with Crippen molar-refractivity contribution < 1.29 is 0 Å². The molecule has 0 aliphatic carbocycles. The van der Waals surface area contributed by atoms with Crippen molar-refractivity contribution in [2.45, 2.75) is 25.3 Å². The van der Waals surface area contributed by atoms with Crippen molar-refractivity contribution in [2.75, 3.05) is 0 Å². The van der Waals surface area contributed by atoms with Crippen LogP contribution in [0.1, 0.15) is 16.9 Å². The maximum absolute atomic E-state index is 6.15. The smallest absolute Gasteiger partial charge is 0.0314 e. The second-order valence-corrected chi connectivity index (χ2v) is 5.91. The first-order chi connectivity index (χ1) is 8.25. The topological polar surface area (TPSA) is 38.9 Å². The van der Waals surface area contributed by atoms with Gasteiger partial charge in [-0.15, -0.1) is 11.3 Å². The van der Waals surface area contributed by atoms with Crippen molar-refractivity contribution in [3.05, 3.63) is 50.9 Å². The Morgan fingerprint density at radius 2 is 2.29 bits per heavy atom. The second kappa shape index (κ2) is 6.28. The van der Waals surface area contributed by atoms with Crippen LogP contribution < -0.4 is 5.73 Å². The molecule has 2 aromatic rings. The highest BCUT2D eigenvalue weighted by atomic mass is 79.9. The third-order valence-electron chi connectivity index (χ3n) is 2.67. The minimum Gasteiger partial charge on any atom is -0.327 e. The molecular weight excluding hydrogens is 296 g/mol. The molecule has 2 N–H and O–H groups in total. The van der Waals surface area contributed by atoms with Crippen molar-refractivity contribution >= 4 is 27.3 Å². The first-order valence-electron chi connectivity index (χ1n) is 5.62. The molecule has 2 heterocycles. The summed E-state index contributed by atoms with van der Waals surface area (Å²) in [6, 6.07) is 6.36. The Labute approximate surface area is 114 Å². The van der Waals surface area contributed by atoms with E-state index in [9.17, 15) is 0 Å². The average Bonchev–Trinajstić information content (AvgIpc) is 2.74. The summed E-state index contributed by atoms with van der Waals surface area (Å²) in [5.41, 5.74) is 7.40. The molecule has 0 aromatic carbocycles. The Morgan fingerprint density at radius 1 is 1.41 bits per heavy atom. The number of nitrogens with zero attached hydrogens (tertiary/aromatic N) is 1. The molecule has 90 valence electrons. The van der Waals surface area contributed by atoms with Crippen LogP contribution in [0, 0.1) is 0 Å². The van der Waals surface area contributed by atoms with Crippen LogP contribution in [-0.2, 0) is 12.8 Å². The van der Waals surface area contributed by atoms with Crippen LogP contribution in [-0.4, -0.2) is 11.0 Å². The molecule has 0 saturated heterocycles. The Bertz CT molecular complexity index is 455. The summed E-state index contributed by atoms with van der Waals surface area (Å²) < 4.78 is 1.18. The summed E-state index contributed by atoms with van der Waals surface area (Å²) in [5, 5.41) is 2.09. The van der Waals surface area contributed by atoms with Crippen LogP contribution in [0.2, 0.25) is 0 Å². The quantitative estimate of drug-likeness (QED) is 0.919. The van der Waals surface area contributed by atoms with Crippen molar-refractivity contribution in [1.29, 1.82) is 0 Å². The van der Waals surface area contributed by atoms with Crippen molar-refractivity contribution in [3.63, 3.8) is 0 Å². The van der Waals surface area contributed by atoms with Gasteiger partial charge < -0.3 is 5.73 Å². The van der Waals surface area contributed by atoms with E-state index in [0.717, 1.165) is 19.3 Å². The molecule has 1 atom stereocenters. The molecule has 1 unspecified atom stereocenters. The number of aryl methyl sites for hydroxylation is 1. The standard InChI is InChI=1S/C13H15BrN2S/c14-12-5-7-17-13(12)8-11(15)4-3-10-2-1-6-16-9-10/h1-2,5-7,9,11H,3-4,8,15H2. The molecule has 4 heteroatoms. The molecule has 0 fully saturated rings. The first-order valence-corrected chi connectivity index (χ1v) is 7.29. The van der Waals surface area contributed by atoms with Gasteiger partial charge in [0.25, 0.3) is 0 Å². The Hall–Kier alpha value is -0.710. The lowest BCUT2D eigenvalue weighted by Crippen LogP contribution is -2.23. The van der Waals surface area contributed by atoms with E-state index in [0.29, 0.717) is 0 Å². The summed E-state index contributed by atoms with van der Waals surface area (Å²) in [4.78, 5) is 5.44. The fourth-order valence-electron chi connectivity index (χ4n) is 1.71. The highest BCUT2D eigenvalue weighted by molar-refractivity contribution is 9.10. The van der Waals surface area contributed by atoms with Crippen LogP contribution in [0.3, 0.4) is 0 Å². The summed E-state index contributed by atoms with van der Waals surface area (Å²) in [7, 11) is 0. The number of nitrogens with two attached hydrogens (primary N) is 1. The van der Waals surface area contributed by atoms with E-state index >= 15 is 0 Å². The van der Waals surface area contributed by atoms with Gasteiger partial charge in [-0.05, 0) is 58.3 Å². The minimum atomic E-state index is 0.213. The molecule has 0 amide bonds.